The second-order valence-electron chi connectivity index (χ2n) is 3.07. The highest BCUT2D eigenvalue weighted by molar-refractivity contribution is 8.55. The molecule has 0 rings (SSSR count). The lowest BCUT2D eigenvalue weighted by atomic mass is 10.6. The second-order valence-corrected chi connectivity index (χ2v) is 9.46. The zero-order valence-electron chi connectivity index (χ0n) is 10.5. The van der Waals surface area contributed by atoms with Crippen LogP contribution in [0.15, 0.2) is 0 Å². The molecule has 0 aliphatic heterocycles. The molecule has 0 amide bonds. The van der Waals surface area contributed by atoms with Gasteiger partial charge in [0.15, 0.2) is 0 Å². The lowest BCUT2D eigenvalue weighted by molar-refractivity contribution is 0.302. The van der Waals surface area contributed by atoms with E-state index in [0.717, 1.165) is 0 Å². The summed E-state index contributed by atoms with van der Waals surface area (Å²) in [5.41, 5.74) is 0. The maximum Gasteiger partial charge on any atom is 0.384 e. The Morgan fingerprint density at radius 2 is 1.82 bits per heavy atom. The quantitative estimate of drug-likeness (QED) is 0.556. The minimum atomic E-state index is -4.08. The van der Waals surface area contributed by atoms with Gasteiger partial charge in [0, 0.05) is 15.0 Å². The van der Waals surface area contributed by atoms with E-state index in [1.807, 2.05) is 26.1 Å². The molecule has 0 aliphatic carbocycles. The molecule has 104 valence electrons. The Balaban J connectivity index is 5.10. The lowest BCUT2D eigenvalue weighted by Gasteiger charge is -2.19. The molecular formula is C9H21O5PS2. The molecule has 17 heavy (non-hydrogen) atoms. The summed E-state index contributed by atoms with van der Waals surface area (Å²) in [5, 5.41) is 3.21. The maximum atomic E-state index is 10.9. The minimum absolute atomic E-state index is 0.347. The van der Waals surface area contributed by atoms with E-state index in [0.29, 0.717) is 24.6 Å². The summed E-state index contributed by atoms with van der Waals surface area (Å²) in [6.45, 7) is 4.16. The molecule has 0 spiro atoms. The van der Waals surface area contributed by atoms with Crippen molar-refractivity contribution in [2.45, 2.75) is 32.9 Å². The van der Waals surface area contributed by atoms with Crippen molar-refractivity contribution in [3.05, 3.63) is 0 Å². The molecule has 0 saturated heterocycles. The average molecular weight is 304 g/mol. The molecule has 5 nitrogen and oxygen atoms in total. The molecule has 0 radical (unpaired) electrons. The van der Waals surface area contributed by atoms with E-state index < -0.39 is 16.6 Å². The Kier molecular flexibility index (Phi) is 8.07. The topological polar surface area (TPSA) is 76.0 Å². The smallest absolute Gasteiger partial charge is 0.317 e. The van der Waals surface area contributed by atoms with Crippen molar-refractivity contribution < 1.29 is 22.7 Å². The van der Waals surface area contributed by atoms with Gasteiger partial charge in [-0.15, -0.1) is 0 Å². The fourth-order valence-electron chi connectivity index (χ4n) is 1.20. The minimum Gasteiger partial charge on any atom is -0.317 e. The maximum absolute atomic E-state index is 10.9. The van der Waals surface area contributed by atoms with Gasteiger partial charge in [0.25, 0.3) is 0 Å². The second kappa shape index (κ2) is 7.84. The van der Waals surface area contributed by atoms with Crippen LogP contribution in [0.4, 0.5) is 0 Å². The van der Waals surface area contributed by atoms with E-state index in [2.05, 4.69) is 0 Å². The fraction of sp³-hybridized carbons (Fsp3) is 0.778. The van der Waals surface area contributed by atoms with Gasteiger partial charge in [-0.1, -0.05) is 0 Å². The highest BCUT2D eigenvalue weighted by atomic mass is 32.7. The van der Waals surface area contributed by atoms with Crippen molar-refractivity contribution >= 4 is 38.7 Å². The third-order valence-electron chi connectivity index (χ3n) is 1.62. The predicted molar refractivity (Wildman–Crippen MR) is 77.7 cm³/mol. The summed E-state index contributed by atoms with van der Waals surface area (Å²) < 4.78 is 22.1. The first-order valence-corrected chi connectivity index (χ1v) is 9.99. The third-order valence-corrected chi connectivity index (χ3v) is 7.01. The Morgan fingerprint density at radius 1 is 1.35 bits per heavy atom. The monoisotopic (exact) mass is 304 g/mol. The first-order valence-electron chi connectivity index (χ1n) is 5.29. The van der Waals surface area contributed by atoms with Crippen LogP contribution >= 0.6 is 27.9 Å². The first kappa shape index (κ1) is 17.5. The zero-order valence-corrected chi connectivity index (χ0v) is 13.1. The van der Waals surface area contributed by atoms with Crippen molar-refractivity contribution in [1.29, 1.82) is 0 Å². The van der Waals surface area contributed by atoms with Gasteiger partial charge < -0.3 is 18.2 Å². The summed E-state index contributed by atoms with van der Waals surface area (Å²) in [5.74, 6) is 0. The Morgan fingerprint density at radius 3 is 2.12 bits per heavy atom. The van der Waals surface area contributed by atoms with E-state index in [4.69, 9.17) is 18.2 Å². The SMILES string of the molecule is CC=S(=CC(C)SP(=O)(O)O)(OCC)OCC. The largest absolute Gasteiger partial charge is 0.384 e. The number of rotatable bonds is 7. The van der Waals surface area contributed by atoms with Crippen LogP contribution in [0.3, 0.4) is 0 Å². The normalized spacial score (nSPS) is 14.5. The first-order chi connectivity index (χ1) is 7.78. The van der Waals surface area contributed by atoms with Gasteiger partial charge in [0.2, 0.25) is 0 Å². The molecule has 0 heterocycles. The Labute approximate surface area is 108 Å². The van der Waals surface area contributed by atoms with Crippen molar-refractivity contribution in [2.75, 3.05) is 13.2 Å². The van der Waals surface area contributed by atoms with Crippen LogP contribution in [0, 0.1) is 0 Å². The molecule has 0 fully saturated rings. The van der Waals surface area contributed by atoms with E-state index in [9.17, 15) is 4.57 Å². The Hall–Kier alpha value is 0.510. The van der Waals surface area contributed by atoms with Crippen molar-refractivity contribution in [3.8, 4) is 0 Å². The summed E-state index contributed by atoms with van der Waals surface area (Å²) in [4.78, 5) is 17.8. The highest BCUT2D eigenvalue weighted by Gasteiger charge is 2.19. The van der Waals surface area contributed by atoms with E-state index in [1.165, 1.54) is 0 Å². The van der Waals surface area contributed by atoms with Gasteiger partial charge >= 0.3 is 6.80 Å². The molecule has 0 bridgehead atoms. The number of hydrogen-bond donors (Lipinski definition) is 2. The standard InChI is InChI=1S/C9H21O5PS2/c1-5-13-17(7-3,14-6-2)8-9(4)16-15(10,11)12/h7-9H,5-6H2,1-4H3,(H2,10,11,12). The van der Waals surface area contributed by atoms with Gasteiger partial charge in [0.1, 0.15) is 0 Å². The molecule has 0 aromatic carbocycles. The van der Waals surface area contributed by atoms with Crippen molar-refractivity contribution in [3.63, 3.8) is 0 Å². The molecule has 0 aliphatic rings. The van der Waals surface area contributed by atoms with Crippen LogP contribution in [-0.2, 0) is 12.9 Å². The van der Waals surface area contributed by atoms with Crippen LogP contribution in [0.5, 0.6) is 0 Å². The van der Waals surface area contributed by atoms with Gasteiger partial charge in [-0.2, -0.15) is 0 Å². The van der Waals surface area contributed by atoms with E-state index >= 15 is 0 Å². The Bertz CT molecular complexity index is 369. The van der Waals surface area contributed by atoms with E-state index in [1.54, 1.807) is 12.3 Å². The molecule has 8 heteroatoms. The molecule has 1 atom stereocenters. The summed E-state index contributed by atoms with van der Waals surface area (Å²) >= 11 is 0.603. The van der Waals surface area contributed by atoms with Gasteiger partial charge in [-0.3, -0.25) is 0 Å². The number of hydrogen-bond acceptors (Lipinski definition) is 4. The predicted octanol–water partition coefficient (Wildman–Crippen LogP) is 2.53. The molecule has 0 saturated carbocycles. The molecule has 1 unspecified atom stereocenters. The zero-order chi connectivity index (χ0) is 13.5. The molecule has 0 aromatic rings. The molecule has 2 N–H and O–H groups in total. The molecule has 0 aromatic heterocycles. The van der Waals surface area contributed by atoms with Gasteiger partial charge in [-0.05, 0) is 49.8 Å². The highest BCUT2D eigenvalue weighted by Crippen LogP contribution is 2.52. The summed E-state index contributed by atoms with van der Waals surface area (Å²) in [6, 6.07) is 0. The van der Waals surface area contributed by atoms with Crippen LogP contribution in [0.25, 0.3) is 0 Å². The molecular weight excluding hydrogens is 283 g/mol. The van der Waals surface area contributed by atoms with Gasteiger partial charge in [-0.25, -0.2) is 4.57 Å². The van der Waals surface area contributed by atoms with E-state index in [-0.39, 0.29) is 5.25 Å². The van der Waals surface area contributed by atoms with Gasteiger partial charge in [0.05, 0.1) is 13.2 Å². The van der Waals surface area contributed by atoms with Crippen LogP contribution in [-0.4, -0.2) is 39.0 Å². The van der Waals surface area contributed by atoms with Crippen LogP contribution < -0.4 is 0 Å². The fourth-order valence-corrected chi connectivity index (χ4v) is 5.97. The summed E-state index contributed by atoms with van der Waals surface area (Å²) in [7, 11) is -1.92. The third kappa shape index (κ3) is 7.51. The van der Waals surface area contributed by atoms with Crippen molar-refractivity contribution in [2.24, 2.45) is 0 Å². The average Bonchev–Trinajstić information content (AvgIpc) is 2.15. The van der Waals surface area contributed by atoms with Crippen LogP contribution in [0.2, 0.25) is 0 Å². The summed E-state index contributed by atoms with van der Waals surface area (Å²) in [6.07, 6.45) is 0. The van der Waals surface area contributed by atoms with Crippen molar-refractivity contribution in [1.82, 2.24) is 0 Å². The van der Waals surface area contributed by atoms with Crippen LogP contribution in [0.1, 0.15) is 27.7 Å². The lowest BCUT2D eigenvalue weighted by Crippen LogP contribution is -2.05.